The van der Waals surface area contributed by atoms with Gasteiger partial charge in [-0.2, -0.15) is 0 Å². The van der Waals surface area contributed by atoms with Crippen molar-refractivity contribution < 1.29 is 37.2 Å². The lowest BCUT2D eigenvalue weighted by Crippen LogP contribution is -2.57. The summed E-state index contributed by atoms with van der Waals surface area (Å²) in [5.41, 5.74) is -1.75. The standard InChI is InChI=1S/C35H45ClN4O8S/c1-5-22-16-35(22,31(43)39-49(45,46)25-13-14-25)19-28(41)27-18-34(17-26(38-48-34)21-9-8-10-23(36)15-21)20-40(27)30(42)29(33(2,3)4)37-32(44)47-24-11-6-7-12-24/h5,8-10,15,22,24-25,27,29H,1,6-7,11-14,16-20H2,2-4H3,(H,37,44)(H,39,43)/t22-,27+,29-,34-,35-/m1/s1. The number of hydrogen-bond donors (Lipinski definition) is 2. The lowest BCUT2D eigenvalue weighted by atomic mass is 9.85. The number of likely N-dealkylation sites (tertiary alicyclic amines) is 1. The summed E-state index contributed by atoms with van der Waals surface area (Å²) in [6.45, 7) is 9.26. The molecule has 2 N–H and O–H groups in total. The number of amides is 3. The molecule has 1 spiro atoms. The van der Waals surface area contributed by atoms with Gasteiger partial charge in [0.2, 0.25) is 21.8 Å². The highest BCUT2D eigenvalue weighted by atomic mass is 35.5. The van der Waals surface area contributed by atoms with E-state index in [1.807, 2.05) is 26.8 Å². The summed E-state index contributed by atoms with van der Waals surface area (Å²) in [5.74, 6) is -2.03. The summed E-state index contributed by atoms with van der Waals surface area (Å²) in [6.07, 6.45) is 5.45. The van der Waals surface area contributed by atoms with Crippen molar-refractivity contribution in [2.45, 2.75) is 114 Å². The van der Waals surface area contributed by atoms with Gasteiger partial charge in [-0.05, 0) is 68.4 Å². The largest absolute Gasteiger partial charge is 0.446 e. The zero-order chi connectivity index (χ0) is 35.4. The molecule has 0 bridgehead atoms. The van der Waals surface area contributed by atoms with Gasteiger partial charge in [0.1, 0.15) is 12.1 Å². The minimum atomic E-state index is -3.85. The number of carbonyl (C=O) groups excluding carboxylic acids is 4. The summed E-state index contributed by atoms with van der Waals surface area (Å²) < 4.78 is 33.2. The van der Waals surface area contributed by atoms with Crippen LogP contribution in [0.5, 0.6) is 0 Å². The predicted octanol–water partition coefficient (Wildman–Crippen LogP) is 4.65. The Morgan fingerprint density at radius 2 is 1.88 bits per heavy atom. The molecule has 49 heavy (non-hydrogen) atoms. The maximum atomic E-state index is 14.5. The minimum absolute atomic E-state index is 0.00187. The number of allylic oxidation sites excluding steroid dienone is 1. The van der Waals surface area contributed by atoms with Gasteiger partial charge in [-0.15, -0.1) is 6.58 Å². The molecule has 6 rings (SSSR count). The van der Waals surface area contributed by atoms with Crippen LogP contribution in [0.3, 0.4) is 0 Å². The third-order valence-corrected chi connectivity index (χ3v) is 12.6. The summed E-state index contributed by atoms with van der Waals surface area (Å²) >= 11 is 6.24. The highest BCUT2D eigenvalue weighted by Crippen LogP contribution is 2.57. The van der Waals surface area contributed by atoms with Gasteiger partial charge in [-0.1, -0.05) is 55.7 Å². The Morgan fingerprint density at radius 1 is 1.16 bits per heavy atom. The number of nitrogens with zero attached hydrogens (tertiary/aromatic N) is 2. The molecule has 1 saturated heterocycles. The monoisotopic (exact) mass is 716 g/mol. The Kier molecular flexibility index (Phi) is 9.40. The molecule has 3 saturated carbocycles. The van der Waals surface area contributed by atoms with Crippen molar-refractivity contribution >= 4 is 51.0 Å². The molecular weight excluding hydrogens is 672 g/mol. The van der Waals surface area contributed by atoms with Gasteiger partial charge in [0, 0.05) is 29.8 Å². The fourth-order valence-electron chi connectivity index (χ4n) is 7.44. The molecule has 5 atom stereocenters. The number of ketones is 1. The van der Waals surface area contributed by atoms with Crippen LogP contribution in [-0.4, -0.2) is 78.3 Å². The Labute approximate surface area is 292 Å². The van der Waals surface area contributed by atoms with E-state index in [0.717, 1.165) is 31.2 Å². The van der Waals surface area contributed by atoms with Gasteiger partial charge in [-0.3, -0.25) is 19.1 Å². The Hall–Kier alpha value is -3.45. The van der Waals surface area contributed by atoms with Crippen LogP contribution in [0.25, 0.3) is 0 Å². The van der Waals surface area contributed by atoms with Crippen LogP contribution in [0, 0.1) is 16.7 Å². The average molecular weight is 717 g/mol. The van der Waals surface area contributed by atoms with Gasteiger partial charge in [0.25, 0.3) is 0 Å². The van der Waals surface area contributed by atoms with E-state index in [0.29, 0.717) is 30.0 Å². The molecule has 1 aromatic carbocycles. The number of sulfonamides is 1. The number of hydrogen-bond acceptors (Lipinski definition) is 9. The highest BCUT2D eigenvalue weighted by molar-refractivity contribution is 7.90. The molecule has 14 heteroatoms. The molecule has 5 aliphatic rings. The summed E-state index contributed by atoms with van der Waals surface area (Å²) in [4.78, 5) is 62.9. The maximum absolute atomic E-state index is 14.5. The van der Waals surface area contributed by atoms with Gasteiger partial charge >= 0.3 is 6.09 Å². The second-order valence-electron chi connectivity index (χ2n) is 15.5. The third-order valence-electron chi connectivity index (χ3n) is 10.6. The lowest BCUT2D eigenvalue weighted by Gasteiger charge is -2.35. The number of oxime groups is 1. The number of nitrogens with one attached hydrogen (secondary N) is 2. The highest BCUT2D eigenvalue weighted by Gasteiger charge is 2.63. The first-order valence-corrected chi connectivity index (χ1v) is 19.0. The van der Waals surface area contributed by atoms with Crippen molar-refractivity contribution in [2.24, 2.45) is 21.9 Å². The van der Waals surface area contributed by atoms with Crippen molar-refractivity contribution in [3.63, 3.8) is 0 Å². The molecule has 2 heterocycles. The number of halogens is 1. The van der Waals surface area contributed by atoms with Crippen LogP contribution >= 0.6 is 11.6 Å². The van der Waals surface area contributed by atoms with Crippen LogP contribution in [0.2, 0.25) is 5.02 Å². The third kappa shape index (κ3) is 7.38. The van der Waals surface area contributed by atoms with E-state index >= 15 is 0 Å². The fourth-order valence-corrected chi connectivity index (χ4v) is 9.01. The summed E-state index contributed by atoms with van der Waals surface area (Å²) in [7, 11) is -3.85. The van der Waals surface area contributed by atoms with Crippen molar-refractivity contribution in [1.29, 1.82) is 0 Å². The Balaban J connectivity index is 1.26. The molecule has 0 unspecified atom stereocenters. The molecule has 3 amide bonds. The number of benzene rings is 1. The second kappa shape index (κ2) is 13.0. The van der Waals surface area contributed by atoms with Crippen molar-refractivity contribution in [2.75, 3.05) is 6.54 Å². The van der Waals surface area contributed by atoms with Gasteiger partial charge in [0.05, 0.1) is 29.0 Å². The van der Waals surface area contributed by atoms with Crippen LogP contribution in [0.15, 0.2) is 42.1 Å². The number of carbonyl (C=O) groups is 4. The van der Waals surface area contributed by atoms with E-state index in [4.69, 9.17) is 21.2 Å². The van der Waals surface area contributed by atoms with Gasteiger partial charge in [0.15, 0.2) is 11.4 Å². The van der Waals surface area contributed by atoms with E-state index in [1.165, 1.54) is 4.90 Å². The van der Waals surface area contributed by atoms with Gasteiger partial charge in [-0.25, -0.2) is 13.2 Å². The minimum Gasteiger partial charge on any atom is -0.446 e. The lowest BCUT2D eigenvalue weighted by molar-refractivity contribution is -0.142. The molecule has 1 aromatic rings. The molecule has 0 aromatic heterocycles. The molecule has 3 aliphatic carbocycles. The molecule has 2 aliphatic heterocycles. The number of ether oxygens (including phenoxy) is 1. The zero-order valence-corrected chi connectivity index (χ0v) is 29.8. The van der Waals surface area contributed by atoms with E-state index in [1.54, 1.807) is 24.3 Å². The summed E-state index contributed by atoms with van der Waals surface area (Å²) in [5, 5.41) is 7.05. The first-order chi connectivity index (χ1) is 23.1. The van der Waals surface area contributed by atoms with Gasteiger partial charge < -0.3 is 19.8 Å². The van der Waals surface area contributed by atoms with E-state index in [2.05, 4.69) is 21.8 Å². The van der Waals surface area contributed by atoms with Crippen LogP contribution < -0.4 is 10.0 Å². The van der Waals surface area contributed by atoms with Crippen LogP contribution in [0.1, 0.15) is 90.5 Å². The maximum Gasteiger partial charge on any atom is 0.408 e. The molecule has 4 fully saturated rings. The molecule has 266 valence electrons. The van der Waals surface area contributed by atoms with Crippen LogP contribution in [-0.2, 0) is 34.0 Å². The quantitative estimate of drug-likeness (QED) is 0.313. The summed E-state index contributed by atoms with van der Waals surface area (Å²) in [6, 6.07) is 5.07. The van der Waals surface area contributed by atoms with E-state index in [-0.39, 0.29) is 31.9 Å². The number of rotatable bonds is 11. The van der Waals surface area contributed by atoms with E-state index < -0.39 is 73.4 Å². The van der Waals surface area contributed by atoms with E-state index in [9.17, 15) is 27.6 Å². The first-order valence-electron chi connectivity index (χ1n) is 17.1. The molecular formula is C35H45ClN4O8S. The molecule has 0 radical (unpaired) electrons. The molecule has 12 nitrogen and oxygen atoms in total. The van der Waals surface area contributed by atoms with Crippen molar-refractivity contribution in [3.8, 4) is 0 Å². The number of Topliss-reactive ketones (excluding diaryl/α,β-unsaturated/α-hetero) is 1. The Morgan fingerprint density at radius 3 is 2.49 bits per heavy atom. The van der Waals surface area contributed by atoms with Crippen molar-refractivity contribution in [1.82, 2.24) is 14.9 Å². The second-order valence-corrected chi connectivity index (χ2v) is 17.9. The average Bonchev–Trinajstić information content (AvgIpc) is 3.86. The zero-order valence-electron chi connectivity index (χ0n) is 28.2. The van der Waals surface area contributed by atoms with Crippen molar-refractivity contribution in [3.05, 3.63) is 47.5 Å². The Bertz CT molecular complexity index is 1680. The SMILES string of the molecule is C=C[C@@H]1C[C@]1(CC(=O)[C@@H]1C[C@]2(CC(c3cccc(Cl)c3)=NO2)CN1C(=O)[C@@H](NC(=O)OC1CCCC1)C(C)(C)C)C(=O)NS(=O)(=O)C1CC1. The topological polar surface area (TPSA) is 161 Å². The normalized spacial score (nSPS) is 28.8. The smallest absolute Gasteiger partial charge is 0.408 e. The van der Waals surface area contributed by atoms with Crippen LogP contribution in [0.4, 0.5) is 4.79 Å². The predicted molar refractivity (Wildman–Crippen MR) is 182 cm³/mol. The fraction of sp³-hybridized carbons (Fsp3) is 0.629. The first kappa shape index (κ1) is 35.4. The number of alkyl carbamates (subject to hydrolysis) is 1.